The molecule has 1 atom stereocenters. The van der Waals surface area contributed by atoms with Gasteiger partial charge < -0.3 is 4.90 Å². The molecule has 25 heavy (non-hydrogen) atoms. The molecular formula is C18H20N6O. The van der Waals surface area contributed by atoms with Crippen molar-refractivity contribution < 1.29 is 4.79 Å². The van der Waals surface area contributed by atoms with Gasteiger partial charge in [0.05, 0.1) is 5.69 Å². The SMILES string of the molecule is Cc1cc(-n2cncn2)ccc1C(=O)N1CCCC(c2ccn[nH]2)C1. The smallest absolute Gasteiger partial charge is 0.254 e. The van der Waals surface area contributed by atoms with Crippen LogP contribution in [0.2, 0.25) is 0 Å². The Hall–Kier alpha value is -2.96. The van der Waals surface area contributed by atoms with Crippen molar-refractivity contribution in [3.63, 3.8) is 0 Å². The largest absolute Gasteiger partial charge is 0.338 e. The lowest BCUT2D eigenvalue weighted by Gasteiger charge is -2.32. The predicted octanol–water partition coefficient (Wildman–Crippen LogP) is 2.32. The van der Waals surface area contributed by atoms with Crippen LogP contribution in [0.5, 0.6) is 0 Å². The summed E-state index contributed by atoms with van der Waals surface area (Å²) in [7, 11) is 0. The van der Waals surface area contributed by atoms with Gasteiger partial charge in [0, 0.05) is 36.5 Å². The molecule has 0 aliphatic carbocycles. The highest BCUT2D eigenvalue weighted by molar-refractivity contribution is 5.96. The van der Waals surface area contributed by atoms with E-state index in [4.69, 9.17) is 0 Å². The number of likely N-dealkylation sites (tertiary alicyclic amines) is 1. The Labute approximate surface area is 145 Å². The standard InChI is InChI=1S/C18H20N6O/c1-13-9-15(24-12-19-11-21-24)4-5-16(13)18(25)23-8-2-3-14(10-23)17-6-7-20-22-17/h4-7,9,11-12,14H,2-3,8,10H2,1H3,(H,20,22). The lowest BCUT2D eigenvalue weighted by atomic mass is 9.94. The van der Waals surface area contributed by atoms with Crippen LogP contribution in [0.25, 0.3) is 5.69 Å². The molecule has 1 saturated heterocycles. The third-order valence-electron chi connectivity index (χ3n) is 4.79. The highest BCUT2D eigenvalue weighted by atomic mass is 16.2. The molecule has 1 fully saturated rings. The number of nitrogens with one attached hydrogen (secondary N) is 1. The van der Waals surface area contributed by atoms with Crippen molar-refractivity contribution in [3.05, 3.63) is 59.9 Å². The normalized spacial score (nSPS) is 17.6. The van der Waals surface area contributed by atoms with E-state index in [0.29, 0.717) is 5.92 Å². The van der Waals surface area contributed by atoms with Gasteiger partial charge in [-0.05, 0) is 49.6 Å². The lowest BCUT2D eigenvalue weighted by Crippen LogP contribution is -2.39. The third-order valence-corrected chi connectivity index (χ3v) is 4.79. The molecule has 1 aliphatic rings. The van der Waals surface area contributed by atoms with Crippen LogP contribution in [-0.2, 0) is 0 Å². The highest BCUT2D eigenvalue weighted by Gasteiger charge is 2.27. The predicted molar refractivity (Wildman–Crippen MR) is 92.6 cm³/mol. The molecule has 3 heterocycles. The minimum absolute atomic E-state index is 0.0897. The van der Waals surface area contributed by atoms with Gasteiger partial charge in [0.1, 0.15) is 12.7 Å². The summed E-state index contributed by atoms with van der Waals surface area (Å²) in [5.74, 6) is 0.418. The van der Waals surface area contributed by atoms with Crippen molar-refractivity contribution >= 4 is 5.91 Å². The van der Waals surface area contributed by atoms with E-state index in [9.17, 15) is 4.79 Å². The van der Waals surface area contributed by atoms with Crippen LogP contribution in [0, 0.1) is 6.92 Å². The maximum atomic E-state index is 13.0. The van der Waals surface area contributed by atoms with Gasteiger partial charge in [-0.3, -0.25) is 9.89 Å². The van der Waals surface area contributed by atoms with Crippen LogP contribution in [0.3, 0.4) is 0 Å². The molecule has 2 aromatic heterocycles. The summed E-state index contributed by atoms with van der Waals surface area (Å²) < 4.78 is 1.69. The second kappa shape index (κ2) is 6.51. The van der Waals surface area contributed by atoms with Gasteiger partial charge in [-0.2, -0.15) is 10.2 Å². The Morgan fingerprint density at radius 3 is 2.96 bits per heavy atom. The van der Waals surface area contributed by atoms with Crippen molar-refractivity contribution in [3.8, 4) is 5.69 Å². The van der Waals surface area contributed by atoms with Crippen molar-refractivity contribution in [2.45, 2.75) is 25.7 Å². The van der Waals surface area contributed by atoms with Crippen molar-refractivity contribution in [2.75, 3.05) is 13.1 Å². The molecule has 4 rings (SSSR count). The molecule has 128 valence electrons. The van der Waals surface area contributed by atoms with Crippen LogP contribution < -0.4 is 0 Å². The number of hydrogen-bond acceptors (Lipinski definition) is 4. The van der Waals surface area contributed by atoms with E-state index >= 15 is 0 Å². The number of H-pyrrole nitrogens is 1. The first-order valence-corrected chi connectivity index (χ1v) is 8.46. The van der Waals surface area contributed by atoms with Gasteiger partial charge in [-0.1, -0.05) is 0 Å². The molecule has 0 spiro atoms. The fourth-order valence-electron chi connectivity index (χ4n) is 3.45. The second-order valence-corrected chi connectivity index (χ2v) is 6.44. The molecule has 0 radical (unpaired) electrons. The maximum absolute atomic E-state index is 13.0. The van der Waals surface area contributed by atoms with Gasteiger partial charge in [-0.15, -0.1) is 0 Å². The Morgan fingerprint density at radius 1 is 1.32 bits per heavy atom. The van der Waals surface area contributed by atoms with Crippen molar-refractivity contribution in [2.24, 2.45) is 0 Å². The zero-order valence-electron chi connectivity index (χ0n) is 14.1. The maximum Gasteiger partial charge on any atom is 0.254 e. The molecule has 1 unspecified atom stereocenters. The number of nitrogens with zero attached hydrogens (tertiary/aromatic N) is 5. The highest BCUT2D eigenvalue weighted by Crippen LogP contribution is 2.27. The Kier molecular flexibility index (Phi) is 4.05. The number of hydrogen-bond donors (Lipinski definition) is 1. The van der Waals surface area contributed by atoms with Crippen LogP contribution >= 0.6 is 0 Å². The van der Waals surface area contributed by atoms with E-state index in [0.717, 1.165) is 48.4 Å². The van der Waals surface area contributed by atoms with Gasteiger partial charge >= 0.3 is 0 Å². The fourth-order valence-corrected chi connectivity index (χ4v) is 3.45. The molecule has 7 nitrogen and oxygen atoms in total. The summed E-state index contributed by atoms with van der Waals surface area (Å²) >= 11 is 0. The second-order valence-electron chi connectivity index (χ2n) is 6.44. The summed E-state index contributed by atoms with van der Waals surface area (Å²) in [5.41, 5.74) is 3.70. The van der Waals surface area contributed by atoms with Crippen molar-refractivity contribution in [1.29, 1.82) is 0 Å². The lowest BCUT2D eigenvalue weighted by molar-refractivity contribution is 0.0705. The monoisotopic (exact) mass is 336 g/mol. The quantitative estimate of drug-likeness (QED) is 0.796. The third kappa shape index (κ3) is 3.05. The minimum atomic E-state index is 0.0897. The summed E-state index contributed by atoms with van der Waals surface area (Å²) in [6.07, 6.45) is 7.00. The molecule has 0 saturated carbocycles. The molecular weight excluding hydrogens is 316 g/mol. The van der Waals surface area contributed by atoms with Crippen molar-refractivity contribution in [1.82, 2.24) is 29.9 Å². The number of carbonyl (C=O) groups excluding carboxylic acids is 1. The fraction of sp³-hybridized carbons (Fsp3) is 0.333. The molecule has 7 heteroatoms. The van der Waals surface area contributed by atoms with Gasteiger partial charge in [0.2, 0.25) is 0 Å². The first-order valence-electron chi connectivity index (χ1n) is 8.46. The number of piperidine rings is 1. The average Bonchev–Trinajstić information content (AvgIpc) is 3.35. The summed E-state index contributed by atoms with van der Waals surface area (Å²) in [5, 5.41) is 11.2. The summed E-state index contributed by atoms with van der Waals surface area (Å²) in [4.78, 5) is 18.9. The Bertz CT molecular complexity index is 856. The topological polar surface area (TPSA) is 79.7 Å². The Morgan fingerprint density at radius 2 is 2.24 bits per heavy atom. The number of rotatable bonds is 3. The molecule has 1 N–H and O–H groups in total. The van der Waals surface area contributed by atoms with E-state index in [1.165, 1.54) is 6.33 Å². The van der Waals surface area contributed by atoms with Gasteiger partial charge in [-0.25, -0.2) is 9.67 Å². The van der Waals surface area contributed by atoms with Crippen LogP contribution in [0.1, 0.15) is 40.4 Å². The molecule has 1 aliphatic heterocycles. The Balaban J connectivity index is 1.54. The van der Waals surface area contributed by atoms with Gasteiger partial charge in [0.25, 0.3) is 5.91 Å². The number of aromatic nitrogens is 5. The average molecular weight is 336 g/mol. The minimum Gasteiger partial charge on any atom is -0.338 e. The van der Waals surface area contributed by atoms with Gasteiger partial charge in [0.15, 0.2) is 0 Å². The van der Waals surface area contributed by atoms with E-state index < -0.39 is 0 Å². The van der Waals surface area contributed by atoms with E-state index in [1.807, 2.05) is 36.1 Å². The molecule has 1 amide bonds. The van der Waals surface area contributed by atoms with E-state index in [2.05, 4.69) is 20.3 Å². The zero-order valence-corrected chi connectivity index (χ0v) is 14.1. The van der Waals surface area contributed by atoms with Crippen LogP contribution in [-0.4, -0.2) is 48.9 Å². The van der Waals surface area contributed by atoms with E-state index in [-0.39, 0.29) is 5.91 Å². The molecule has 3 aromatic rings. The summed E-state index contributed by atoms with van der Waals surface area (Å²) in [6, 6.07) is 7.76. The van der Waals surface area contributed by atoms with Crippen LogP contribution in [0.4, 0.5) is 0 Å². The molecule has 1 aromatic carbocycles. The number of carbonyl (C=O) groups is 1. The van der Waals surface area contributed by atoms with E-state index in [1.54, 1.807) is 17.2 Å². The first-order chi connectivity index (χ1) is 12.2. The number of benzene rings is 1. The number of aromatic amines is 1. The first kappa shape index (κ1) is 15.6. The molecule has 0 bridgehead atoms. The summed E-state index contributed by atoms with van der Waals surface area (Å²) in [6.45, 7) is 3.49. The zero-order chi connectivity index (χ0) is 17.2. The number of aryl methyl sites for hydroxylation is 1. The number of amides is 1. The van der Waals surface area contributed by atoms with Crippen LogP contribution in [0.15, 0.2) is 43.1 Å².